The smallest absolute Gasteiger partial charge is 0.416 e. The first-order valence-electron chi connectivity index (χ1n) is 3.54. The van der Waals surface area contributed by atoms with E-state index in [1.165, 1.54) is 18.6 Å². The highest BCUT2D eigenvalue weighted by atomic mass is 35.5. The molecule has 2 rings (SSSR count). The van der Waals surface area contributed by atoms with Gasteiger partial charge in [0.25, 0.3) is 0 Å². The Bertz CT molecular complexity index is 478. The van der Waals surface area contributed by atoms with Crippen molar-refractivity contribution in [2.24, 2.45) is 0 Å². The van der Waals surface area contributed by atoms with Crippen LogP contribution >= 0.6 is 11.6 Å². The molecule has 0 aliphatic carbocycles. The van der Waals surface area contributed by atoms with E-state index in [0.29, 0.717) is 15.9 Å². The fraction of sp³-hybridized carbons (Fsp3) is 0. The number of aromatic nitrogens is 2. The summed E-state index contributed by atoms with van der Waals surface area (Å²) in [6.07, 6.45) is 3.37. The van der Waals surface area contributed by atoms with Crippen molar-refractivity contribution >= 4 is 28.6 Å². The van der Waals surface area contributed by atoms with Gasteiger partial charge in [-0.2, -0.15) is 0 Å². The van der Waals surface area contributed by atoms with E-state index < -0.39 is 6.09 Å². The highest BCUT2D eigenvalue weighted by Gasteiger charge is 2.10. The molecule has 13 heavy (non-hydrogen) atoms. The van der Waals surface area contributed by atoms with Gasteiger partial charge in [-0.1, -0.05) is 11.6 Å². The van der Waals surface area contributed by atoms with Crippen LogP contribution in [0.15, 0.2) is 24.7 Å². The third kappa shape index (κ3) is 1.15. The summed E-state index contributed by atoms with van der Waals surface area (Å²) in [6.45, 7) is 0. The van der Waals surface area contributed by atoms with Crippen LogP contribution in [0.4, 0.5) is 4.79 Å². The molecule has 66 valence electrons. The molecule has 0 unspecified atom stereocenters. The van der Waals surface area contributed by atoms with Gasteiger partial charge < -0.3 is 5.11 Å². The van der Waals surface area contributed by atoms with Gasteiger partial charge >= 0.3 is 6.09 Å². The van der Waals surface area contributed by atoms with Crippen LogP contribution < -0.4 is 0 Å². The van der Waals surface area contributed by atoms with Gasteiger partial charge in [0.15, 0.2) is 0 Å². The van der Waals surface area contributed by atoms with Gasteiger partial charge in [-0.15, -0.1) is 0 Å². The molecular formula is C8H5ClN2O2. The number of rotatable bonds is 0. The van der Waals surface area contributed by atoms with Crippen molar-refractivity contribution in [1.82, 2.24) is 9.55 Å². The standard InChI is InChI=1S/C8H5ClN2O2/c9-6-4-11(8(12)13)7-1-2-10-3-5(6)7/h1-4H,(H,12,13). The molecule has 0 radical (unpaired) electrons. The summed E-state index contributed by atoms with van der Waals surface area (Å²) in [6, 6.07) is 1.61. The van der Waals surface area contributed by atoms with Crippen molar-refractivity contribution in [3.8, 4) is 0 Å². The molecule has 1 N–H and O–H groups in total. The Hall–Kier alpha value is -1.55. The van der Waals surface area contributed by atoms with Crippen molar-refractivity contribution in [3.05, 3.63) is 29.7 Å². The molecule has 0 fully saturated rings. The topological polar surface area (TPSA) is 55.1 Å². The zero-order valence-corrected chi connectivity index (χ0v) is 7.19. The molecule has 0 saturated heterocycles. The molecule has 2 aromatic heterocycles. The maximum absolute atomic E-state index is 10.7. The van der Waals surface area contributed by atoms with Crippen molar-refractivity contribution < 1.29 is 9.90 Å². The first-order chi connectivity index (χ1) is 6.20. The predicted molar refractivity (Wildman–Crippen MR) is 48.2 cm³/mol. The second kappa shape index (κ2) is 2.74. The Morgan fingerprint density at radius 2 is 2.38 bits per heavy atom. The van der Waals surface area contributed by atoms with E-state index in [-0.39, 0.29) is 0 Å². The number of pyridine rings is 1. The molecular weight excluding hydrogens is 192 g/mol. The lowest BCUT2D eigenvalue weighted by atomic mass is 10.3. The third-order valence-electron chi connectivity index (χ3n) is 1.76. The van der Waals surface area contributed by atoms with Gasteiger partial charge in [-0.25, -0.2) is 4.79 Å². The van der Waals surface area contributed by atoms with Crippen molar-refractivity contribution in [1.29, 1.82) is 0 Å². The van der Waals surface area contributed by atoms with Crippen LogP contribution in [0.25, 0.3) is 10.9 Å². The Labute approximate surface area is 78.4 Å². The second-order valence-corrected chi connectivity index (χ2v) is 2.93. The van der Waals surface area contributed by atoms with Crippen LogP contribution in [-0.2, 0) is 0 Å². The summed E-state index contributed by atoms with van der Waals surface area (Å²) >= 11 is 5.80. The van der Waals surface area contributed by atoms with E-state index >= 15 is 0 Å². The van der Waals surface area contributed by atoms with Crippen molar-refractivity contribution in [2.45, 2.75) is 0 Å². The SMILES string of the molecule is O=C(O)n1cc(Cl)c2cnccc21. The average Bonchev–Trinajstić information content (AvgIpc) is 2.45. The van der Waals surface area contributed by atoms with E-state index in [0.717, 1.165) is 4.57 Å². The zero-order valence-electron chi connectivity index (χ0n) is 6.44. The fourth-order valence-electron chi connectivity index (χ4n) is 1.19. The largest absolute Gasteiger partial charge is 0.464 e. The fourth-order valence-corrected chi connectivity index (χ4v) is 1.44. The minimum absolute atomic E-state index is 0.394. The first-order valence-corrected chi connectivity index (χ1v) is 3.92. The van der Waals surface area contributed by atoms with E-state index in [1.54, 1.807) is 6.07 Å². The second-order valence-electron chi connectivity index (χ2n) is 2.52. The number of halogens is 1. The van der Waals surface area contributed by atoms with Crippen LogP contribution in [-0.4, -0.2) is 20.8 Å². The Morgan fingerprint density at radius 3 is 3.08 bits per heavy atom. The molecule has 0 atom stereocenters. The molecule has 0 saturated carbocycles. The summed E-state index contributed by atoms with van der Waals surface area (Å²) < 4.78 is 1.07. The minimum atomic E-state index is -1.05. The van der Waals surface area contributed by atoms with E-state index in [2.05, 4.69) is 4.98 Å². The summed E-state index contributed by atoms with van der Waals surface area (Å²) in [4.78, 5) is 14.6. The molecule has 2 heterocycles. The molecule has 0 amide bonds. The molecule has 5 heteroatoms. The summed E-state index contributed by atoms with van der Waals surface area (Å²) in [5.74, 6) is 0. The number of carboxylic acid groups (broad SMARTS) is 1. The van der Waals surface area contributed by atoms with Crippen LogP contribution in [0.1, 0.15) is 0 Å². The molecule has 0 bridgehead atoms. The van der Waals surface area contributed by atoms with Gasteiger partial charge in [0.05, 0.1) is 10.5 Å². The van der Waals surface area contributed by atoms with Crippen LogP contribution in [0.3, 0.4) is 0 Å². The van der Waals surface area contributed by atoms with Gasteiger partial charge in [0, 0.05) is 24.0 Å². The monoisotopic (exact) mass is 196 g/mol. The lowest BCUT2D eigenvalue weighted by Gasteiger charge is -1.94. The number of carbonyl (C=O) groups is 1. The maximum Gasteiger partial charge on any atom is 0.416 e. The van der Waals surface area contributed by atoms with Gasteiger partial charge in [0.2, 0.25) is 0 Å². The molecule has 0 spiro atoms. The molecule has 4 nitrogen and oxygen atoms in total. The first kappa shape index (κ1) is 8.07. The van der Waals surface area contributed by atoms with E-state index in [4.69, 9.17) is 16.7 Å². The zero-order chi connectivity index (χ0) is 9.42. The Morgan fingerprint density at radius 1 is 1.62 bits per heavy atom. The quantitative estimate of drug-likeness (QED) is 0.703. The highest BCUT2D eigenvalue weighted by molar-refractivity contribution is 6.35. The lowest BCUT2D eigenvalue weighted by molar-refractivity contribution is 0.197. The number of hydrogen-bond donors (Lipinski definition) is 1. The molecule has 2 aromatic rings. The minimum Gasteiger partial charge on any atom is -0.464 e. The molecule has 0 aliphatic rings. The van der Waals surface area contributed by atoms with E-state index in [1.807, 2.05) is 0 Å². The number of nitrogens with zero attached hydrogens (tertiary/aromatic N) is 2. The third-order valence-corrected chi connectivity index (χ3v) is 2.06. The Kier molecular flexibility index (Phi) is 1.70. The number of hydrogen-bond acceptors (Lipinski definition) is 2. The summed E-state index contributed by atoms with van der Waals surface area (Å²) in [5, 5.41) is 9.82. The summed E-state index contributed by atoms with van der Waals surface area (Å²) in [7, 11) is 0. The number of fused-ring (bicyclic) bond motifs is 1. The highest BCUT2D eigenvalue weighted by Crippen LogP contribution is 2.24. The maximum atomic E-state index is 10.7. The van der Waals surface area contributed by atoms with Gasteiger partial charge in [-0.05, 0) is 6.07 Å². The Balaban J connectivity index is 2.85. The van der Waals surface area contributed by atoms with E-state index in [9.17, 15) is 4.79 Å². The van der Waals surface area contributed by atoms with Gasteiger partial charge in [-0.3, -0.25) is 9.55 Å². The van der Waals surface area contributed by atoms with Crippen LogP contribution in [0.5, 0.6) is 0 Å². The lowest BCUT2D eigenvalue weighted by Crippen LogP contribution is -2.05. The molecule has 0 aliphatic heterocycles. The molecule has 0 aromatic carbocycles. The average molecular weight is 197 g/mol. The normalized spacial score (nSPS) is 10.5. The van der Waals surface area contributed by atoms with Crippen molar-refractivity contribution in [2.75, 3.05) is 0 Å². The van der Waals surface area contributed by atoms with Crippen LogP contribution in [0.2, 0.25) is 5.02 Å². The predicted octanol–water partition coefficient (Wildman–Crippen LogP) is 2.22. The van der Waals surface area contributed by atoms with Crippen LogP contribution in [0, 0.1) is 0 Å². The summed E-state index contributed by atoms with van der Waals surface area (Å²) in [5.41, 5.74) is 0.549. The van der Waals surface area contributed by atoms with Gasteiger partial charge in [0.1, 0.15) is 0 Å². The van der Waals surface area contributed by atoms with Crippen molar-refractivity contribution in [3.63, 3.8) is 0 Å².